The second-order valence-electron chi connectivity index (χ2n) is 4.33. The maximum atomic E-state index is 6.01. The van der Waals surface area contributed by atoms with Crippen LogP contribution in [-0.2, 0) is 4.74 Å². The van der Waals surface area contributed by atoms with E-state index < -0.39 is 0 Å². The SMILES string of the molecule is COC(CN1CCNCC1)c1cccc(Cl)c1. The van der Waals surface area contributed by atoms with Gasteiger partial charge in [0.05, 0.1) is 6.10 Å². The van der Waals surface area contributed by atoms with Crippen LogP contribution in [0.2, 0.25) is 5.02 Å². The largest absolute Gasteiger partial charge is 0.375 e. The van der Waals surface area contributed by atoms with Gasteiger partial charge in [0.15, 0.2) is 0 Å². The van der Waals surface area contributed by atoms with Gasteiger partial charge in [0.25, 0.3) is 0 Å². The van der Waals surface area contributed by atoms with Gasteiger partial charge in [-0.15, -0.1) is 0 Å². The van der Waals surface area contributed by atoms with Crippen molar-refractivity contribution in [3.05, 3.63) is 34.9 Å². The van der Waals surface area contributed by atoms with Crippen molar-refractivity contribution >= 4 is 11.6 Å². The molecule has 0 saturated carbocycles. The lowest BCUT2D eigenvalue weighted by atomic mass is 10.1. The summed E-state index contributed by atoms with van der Waals surface area (Å²) in [6.45, 7) is 5.22. The van der Waals surface area contributed by atoms with Gasteiger partial charge in [0.1, 0.15) is 0 Å². The molecule has 1 unspecified atom stereocenters. The highest BCUT2D eigenvalue weighted by Gasteiger charge is 2.17. The van der Waals surface area contributed by atoms with Crippen LogP contribution in [0.5, 0.6) is 0 Å². The summed E-state index contributed by atoms with van der Waals surface area (Å²) in [5.41, 5.74) is 1.15. The highest BCUT2D eigenvalue weighted by atomic mass is 35.5. The van der Waals surface area contributed by atoms with Crippen LogP contribution in [0.1, 0.15) is 11.7 Å². The Balaban J connectivity index is 2.00. The first-order valence-electron chi connectivity index (χ1n) is 6.01. The Kier molecular flexibility index (Phi) is 4.80. The zero-order chi connectivity index (χ0) is 12.1. The van der Waals surface area contributed by atoms with Crippen molar-refractivity contribution < 1.29 is 4.74 Å². The van der Waals surface area contributed by atoms with Crippen LogP contribution in [0.25, 0.3) is 0 Å². The summed E-state index contributed by atoms with van der Waals surface area (Å²) in [6, 6.07) is 7.92. The molecule has 0 aromatic heterocycles. The highest BCUT2D eigenvalue weighted by molar-refractivity contribution is 6.30. The van der Waals surface area contributed by atoms with Crippen molar-refractivity contribution in [2.45, 2.75) is 6.10 Å². The summed E-state index contributed by atoms with van der Waals surface area (Å²) in [4.78, 5) is 2.42. The smallest absolute Gasteiger partial charge is 0.0948 e. The molecule has 1 aliphatic heterocycles. The summed E-state index contributed by atoms with van der Waals surface area (Å²) in [5.74, 6) is 0. The minimum atomic E-state index is 0.104. The molecule has 1 aromatic carbocycles. The van der Waals surface area contributed by atoms with Crippen molar-refractivity contribution in [2.75, 3.05) is 39.8 Å². The predicted octanol–water partition coefficient (Wildman–Crippen LogP) is 1.93. The van der Waals surface area contributed by atoms with E-state index in [9.17, 15) is 0 Å². The van der Waals surface area contributed by atoms with Gasteiger partial charge in [-0.05, 0) is 17.7 Å². The van der Waals surface area contributed by atoms with E-state index in [1.165, 1.54) is 0 Å². The number of hydrogen-bond donors (Lipinski definition) is 1. The third kappa shape index (κ3) is 3.68. The molecule has 0 radical (unpaired) electrons. The first-order valence-corrected chi connectivity index (χ1v) is 6.38. The number of nitrogens with zero attached hydrogens (tertiary/aromatic N) is 1. The number of benzene rings is 1. The molecule has 2 rings (SSSR count). The number of ether oxygens (including phenoxy) is 1. The first-order chi connectivity index (χ1) is 8.29. The molecule has 0 spiro atoms. The van der Waals surface area contributed by atoms with Crippen LogP contribution in [0.4, 0.5) is 0 Å². The number of rotatable bonds is 4. The van der Waals surface area contributed by atoms with Crippen LogP contribution >= 0.6 is 11.6 Å². The topological polar surface area (TPSA) is 24.5 Å². The maximum Gasteiger partial charge on any atom is 0.0948 e. The summed E-state index contributed by atoms with van der Waals surface area (Å²) in [6.07, 6.45) is 0.104. The van der Waals surface area contributed by atoms with Gasteiger partial charge >= 0.3 is 0 Å². The fourth-order valence-electron chi connectivity index (χ4n) is 2.15. The summed E-state index contributed by atoms with van der Waals surface area (Å²) in [7, 11) is 1.76. The molecule has 94 valence electrons. The number of nitrogens with one attached hydrogen (secondary N) is 1. The van der Waals surface area contributed by atoms with Gasteiger partial charge in [0.2, 0.25) is 0 Å². The number of methoxy groups -OCH3 is 1. The minimum Gasteiger partial charge on any atom is -0.375 e. The molecule has 17 heavy (non-hydrogen) atoms. The van der Waals surface area contributed by atoms with Gasteiger partial charge in [-0.3, -0.25) is 4.90 Å². The van der Waals surface area contributed by atoms with Gasteiger partial charge < -0.3 is 10.1 Å². The molecule has 1 aromatic rings. The Hall–Kier alpha value is -0.610. The van der Waals surface area contributed by atoms with Crippen LogP contribution in [0, 0.1) is 0 Å². The second-order valence-corrected chi connectivity index (χ2v) is 4.77. The third-order valence-corrected chi connectivity index (χ3v) is 3.37. The lowest BCUT2D eigenvalue weighted by Crippen LogP contribution is -2.45. The van der Waals surface area contributed by atoms with E-state index in [0.717, 1.165) is 43.3 Å². The van der Waals surface area contributed by atoms with Gasteiger partial charge in [-0.1, -0.05) is 23.7 Å². The number of halogens is 1. The standard InChI is InChI=1S/C13H19ClN2O/c1-17-13(10-16-7-5-15-6-8-16)11-3-2-4-12(14)9-11/h2-4,9,13,15H,5-8,10H2,1H3. The zero-order valence-corrected chi connectivity index (χ0v) is 10.9. The van der Waals surface area contributed by atoms with E-state index >= 15 is 0 Å². The third-order valence-electron chi connectivity index (χ3n) is 3.14. The van der Waals surface area contributed by atoms with Crippen LogP contribution < -0.4 is 5.32 Å². The number of piperazine rings is 1. The maximum absolute atomic E-state index is 6.01. The first kappa shape index (κ1) is 12.8. The molecular formula is C13H19ClN2O. The Bertz CT molecular complexity index is 353. The lowest BCUT2D eigenvalue weighted by molar-refractivity contribution is 0.0594. The molecule has 3 nitrogen and oxygen atoms in total. The Morgan fingerprint density at radius 3 is 2.82 bits per heavy atom. The predicted molar refractivity (Wildman–Crippen MR) is 70.5 cm³/mol. The van der Waals surface area contributed by atoms with Crippen LogP contribution in [0.15, 0.2) is 24.3 Å². The average Bonchev–Trinajstić information content (AvgIpc) is 2.37. The monoisotopic (exact) mass is 254 g/mol. The number of hydrogen-bond acceptors (Lipinski definition) is 3. The van der Waals surface area contributed by atoms with Crippen molar-refractivity contribution in [3.63, 3.8) is 0 Å². The van der Waals surface area contributed by atoms with Gasteiger partial charge in [-0.2, -0.15) is 0 Å². The van der Waals surface area contributed by atoms with E-state index in [1.807, 2.05) is 18.2 Å². The molecule has 1 heterocycles. The molecule has 1 N–H and O–H groups in total. The quantitative estimate of drug-likeness (QED) is 0.889. The molecule has 1 aliphatic rings. The van der Waals surface area contributed by atoms with E-state index in [2.05, 4.69) is 16.3 Å². The summed E-state index contributed by atoms with van der Waals surface area (Å²) < 4.78 is 5.57. The molecule has 0 bridgehead atoms. The highest BCUT2D eigenvalue weighted by Crippen LogP contribution is 2.21. The van der Waals surface area contributed by atoms with E-state index in [-0.39, 0.29) is 6.10 Å². The second kappa shape index (κ2) is 6.36. The van der Waals surface area contributed by atoms with Crippen LogP contribution in [0.3, 0.4) is 0 Å². The minimum absolute atomic E-state index is 0.104. The summed E-state index contributed by atoms with van der Waals surface area (Å²) in [5, 5.41) is 4.12. The van der Waals surface area contributed by atoms with Crippen molar-refractivity contribution in [1.82, 2.24) is 10.2 Å². The normalized spacial score (nSPS) is 19.2. The Labute approximate surface area is 108 Å². The summed E-state index contributed by atoms with van der Waals surface area (Å²) >= 11 is 6.01. The molecule has 1 fully saturated rings. The molecule has 1 saturated heterocycles. The van der Waals surface area contributed by atoms with Gasteiger partial charge in [-0.25, -0.2) is 0 Å². The van der Waals surface area contributed by atoms with Gasteiger partial charge in [0, 0.05) is 44.9 Å². The van der Waals surface area contributed by atoms with Crippen molar-refractivity contribution in [1.29, 1.82) is 0 Å². The molecular weight excluding hydrogens is 236 g/mol. The molecule has 1 atom stereocenters. The molecule has 0 aliphatic carbocycles. The van der Waals surface area contributed by atoms with Crippen molar-refractivity contribution in [2.24, 2.45) is 0 Å². The Morgan fingerprint density at radius 2 is 2.18 bits per heavy atom. The zero-order valence-electron chi connectivity index (χ0n) is 10.2. The lowest BCUT2D eigenvalue weighted by Gasteiger charge is -2.30. The van der Waals surface area contributed by atoms with E-state index in [4.69, 9.17) is 16.3 Å². The van der Waals surface area contributed by atoms with Crippen LogP contribution in [-0.4, -0.2) is 44.7 Å². The van der Waals surface area contributed by atoms with Crippen molar-refractivity contribution in [3.8, 4) is 0 Å². The van der Waals surface area contributed by atoms with E-state index in [1.54, 1.807) is 7.11 Å². The van der Waals surface area contributed by atoms with E-state index in [0.29, 0.717) is 0 Å². The molecule has 4 heteroatoms. The fraction of sp³-hybridized carbons (Fsp3) is 0.538. The fourth-order valence-corrected chi connectivity index (χ4v) is 2.35. The Morgan fingerprint density at radius 1 is 1.41 bits per heavy atom. The molecule has 0 amide bonds. The average molecular weight is 255 g/mol.